The van der Waals surface area contributed by atoms with Crippen LogP contribution in [0.15, 0.2) is 51.4 Å². The van der Waals surface area contributed by atoms with Crippen LogP contribution in [0.4, 0.5) is 0 Å². The molecule has 0 aliphatic carbocycles. The predicted molar refractivity (Wildman–Crippen MR) is 83.3 cm³/mol. The van der Waals surface area contributed by atoms with Gasteiger partial charge in [-0.25, -0.2) is 0 Å². The molecule has 0 atom stereocenters. The largest absolute Gasteiger partial charge is 0.496 e. The minimum atomic E-state index is 0.578. The van der Waals surface area contributed by atoms with Crippen LogP contribution in [0, 0.1) is 0 Å². The Hall–Kier alpha value is -0.840. The molecule has 2 aromatic carbocycles. The van der Waals surface area contributed by atoms with Gasteiger partial charge in [-0.3, -0.25) is 0 Å². The normalized spacial score (nSPS) is 10.5. The van der Waals surface area contributed by atoms with Gasteiger partial charge < -0.3 is 9.47 Å². The Morgan fingerprint density at radius 1 is 0.947 bits per heavy atom. The monoisotopic (exact) mass is 384 g/mol. The van der Waals surface area contributed by atoms with E-state index in [1.807, 2.05) is 30.3 Å². The summed E-state index contributed by atoms with van der Waals surface area (Å²) in [5, 5.41) is 0. The smallest absolute Gasteiger partial charge is 0.133 e. The Kier molecular flexibility index (Phi) is 5.43. The molecule has 0 radical (unpaired) electrons. The highest BCUT2D eigenvalue weighted by Gasteiger charge is 2.02. The maximum atomic E-state index is 5.71. The molecule has 0 unspecified atom stereocenters. The van der Waals surface area contributed by atoms with E-state index < -0.39 is 0 Å². The van der Waals surface area contributed by atoms with Gasteiger partial charge in [-0.2, -0.15) is 0 Å². The second kappa shape index (κ2) is 7.08. The van der Waals surface area contributed by atoms with Gasteiger partial charge in [0.2, 0.25) is 0 Å². The maximum Gasteiger partial charge on any atom is 0.133 e. The standard InChI is InChI=1S/C15H14Br2O2/c1-18-15-6-5-12(8-14(15)17)10-19-9-11-3-2-4-13(16)7-11/h2-8H,9-10H2,1H3. The van der Waals surface area contributed by atoms with Crippen LogP contribution in [-0.4, -0.2) is 7.11 Å². The number of methoxy groups -OCH3 is 1. The number of ether oxygens (including phenoxy) is 2. The molecule has 0 heterocycles. The summed E-state index contributed by atoms with van der Waals surface area (Å²) in [6.45, 7) is 1.18. The van der Waals surface area contributed by atoms with Gasteiger partial charge in [0.15, 0.2) is 0 Å². The average molecular weight is 386 g/mol. The van der Waals surface area contributed by atoms with Crippen LogP contribution >= 0.6 is 31.9 Å². The van der Waals surface area contributed by atoms with E-state index in [0.717, 1.165) is 25.8 Å². The molecule has 0 bridgehead atoms. The lowest BCUT2D eigenvalue weighted by Crippen LogP contribution is -1.95. The van der Waals surface area contributed by atoms with Crippen LogP contribution in [0.5, 0.6) is 5.75 Å². The molecule has 0 fully saturated rings. The number of hydrogen-bond acceptors (Lipinski definition) is 2. The van der Waals surface area contributed by atoms with Gasteiger partial charge in [0, 0.05) is 4.47 Å². The Morgan fingerprint density at radius 2 is 1.68 bits per heavy atom. The van der Waals surface area contributed by atoms with Crippen molar-refractivity contribution >= 4 is 31.9 Å². The Morgan fingerprint density at radius 3 is 2.32 bits per heavy atom. The summed E-state index contributed by atoms with van der Waals surface area (Å²) in [4.78, 5) is 0. The summed E-state index contributed by atoms with van der Waals surface area (Å²) in [6, 6.07) is 14.1. The zero-order valence-corrected chi connectivity index (χ0v) is 13.7. The van der Waals surface area contributed by atoms with E-state index in [2.05, 4.69) is 44.0 Å². The average Bonchev–Trinajstić information content (AvgIpc) is 2.39. The van der Waals surface area contributed by atoms with Gasteiger partial charge in [0.25, 0.3) is 0 Å². The highest BCUT2D eigenvalue weighted by atomic mass is 79.9. The van der Waals surface area contributed by atoms with E-state index in [1.165, 1.54) is 0 Å². The van der Waals surface area contributed by atoms with Gasteiger partial charge in [-0.1, -0.05) is 34.1 Å². The maximum absolute atomic E-state index is 5.71. The lowest BCUT2D eigenvalue weighted by molar-refractivity contribution is 0.107. The van der Waals surface area contributed by atoms with E-state index >= 15 is 0 Å². The molecule has 2 aromatic rings. The van der Waals surface area contributed by atoms with Gasteiger partial charge in [-0.05, 0) is 51.3 Å². The fourth-order valence-corrected chi connectivity index (χ4v) is 2.75. The van der Waals surface area contributed by atoms with Crippen molar-refractivity contribution in [2.24, 2.45) is 0 Å². The summed E-state index contributed by atoms with van der Waals surface area (Å²) in [6.07, 6.45) is 0. The van der Waals surface area contributed by atoms with Crippen LogP contribution < -0.4 is 4.74 Å². The Labute approximate surface area is 130 Å². The number of hydrogen-bond donors (Lipinski definition) is 0. The molecule has 19 heavy (non-hydrogen) atoms. The molecular formula is C15H14Br2O2. The van der Waals surface area contributed by atoms with Crippen molar-refractivity contribution in [2.45, 2.75) is 13.2 Å². The zero-order valence-electron chi connectivity index (χ0n) is 10.5. The quantitative estimate of drug-likeness (QED) is 0.725. The number of rotatable bonds is 5. The second-order valence-electron chi connectivity index (χ2n) is 4.09. The molecule has 4 heteroatoms. The second-order valence-corrected chi connectivity index (χ2v) is 5.86. The Bertz CT molecular complexity index is 556. The van der Waals surface area contributed by atoms with Crippen LogP contribution in [0.3, 0.4) is 0 Å². The van der Waals surface area contributed by atoms with Gasteiger partial charge in [0.05, 0.1) is 24.8 Å². The Balaban J connectivity index is 1.90. The third-order valence-electron chi connectivity index (χ3n) is 2.64. The van der Waals surface area contributed by atoms with E-state index in [-0.39, 0.29) is 0 Å². The van der Waals surface area contributed by atoms with Gasteiger partial charge in [-0.15, -0.1) is 0 Å². The SMILES string of the molecule is COc1ccc(COCc2cccc(Br)c2)cc1Br. The summed E-state index contributed by atoms with van der Waals surface area (Å²) >= 11 is 6.92. The van der Waals surface area contributed by atoms with Crippen molar-refractivity contribution in [3.8, 4) is 5.75 Å². The van der Waals surface area contributed by atoms with Crippen molar-refractivity contribution in [3.05, 3.63) is 62.5 Å². The van der Waals surface area contributed by atoms with Crippen molar-refractivity contribution in [1.29, 1.82) is 0 Å². The minimum absolute atomic E-state index is 0.578. The molecule has 0 saturated heterocycles. The number of benzene rings is 2. The van der Waals surface area contributed by atoms with Crippen LogP contribution in [-0.2, 0) is 18.0 Å². The highest BCUT2D eigenvalue weighted by Crippen LogP contribution is 2.25. The predicted octanol–water partition coefficient (Wildman–Crippen LogP) is 4.94. The molecule has 0 amide bonds. The lowest BCUT2D eigenvalue weighted by Gasteiger charge is -2.08. The molecule has 2 rings (SSSR count). The summed E-state index contributed by atoms with van der Waals surface area (Å²) in [5.41, 5.74) is 2.27. The molecule has 2 nitrogen and oxygen atoms in total. The molecule has 0 spiro atoms. The van der Waals surface area contributed by atoms with Crippen molar-refractivity contribution < 1.29 is 9.47 Å². The van der Waals surface area contributed by atoms with E-state index in [9.17, 15) is 0 Å². The zero-order chi connectivity index (χ0) is 13.7. The van der Waals surface area contributed by atoms with Crippen molar-refractivity contribution in [1.82, 2.24) is 0 Å². The van der Waals surface area contributed by atoms with Crippen LogP contribution in [0.2, 0.25) is 0 Å². The summed E-state index contributed by atoms with van der Waals surface area (Å²) in [5.74, 6) is 0.829. The molecule has 0 aliphatic heterocycles. The first-order valence-electron chi connectivity index (χ1n) is 5.83. The summed E-state index contributed by atoms with van der Waals surface area (Å²) < 4.78 is 12.9. The molecule has 0 N–H and O–H groups in total. The van der Waals surface area contributed by atoms with Crippen molar-refractivity contribution in [3.63, 3.8) is 0 Å². The van der Waals surface area contributed by atoms with Crippen molar-refractivity contribution in [2.75, 3.05) is 7.11 Å². The van der Waals surface area contributed by atoms with Crippen LogP contribution in [0.1, 0.15) is 11.1 Å². The van der Waals surface area contributed by atoms with E-state index in [0.29, 0.717) is 13.2 Å². The molecule has 100 valence electrons. The third kappa shape index (κ3) is 4.34. The molecule has 0 aliphatic rings. The molecular weight excluding hydrogens is 372 g/mol. The fraction of sp³-hybridized carbons (Fsp3) is 0.200. The third-order valence-corrected chi connectivity index (χ3v) is 3.76. The molecule has 0 saturated carbocycles. The van der Waals surface area contributed by atoms with E-state index in [4.69, 9.17) is 9.47 Å². The first kappa shape index (κ1) is 14.6. The fourth-order valence-electron chi connectivity index (χ4n) is 1.71. The lowest BCUT2D eigenvalue weighted by atomic mass is 10.2. The first-order valence-corrected chi connectivity index (χ1v) is 7.42. The molecule has 0 aromatic heterocycles. The summed E-state index contributed by atoms with van der Waals surface area (Å²) in [7, 11) is 1.66. The van der Waals surface area contributed by atoms with Gasteiger partial charge in [0.1, 0.15) is 5.75 Å². The minimum Gasteiger partial charge on any atom is -0.496 e. The van der Waals surface area contributed by atoms with Gasteiger partial charge >= 0.3 is 0 Å². The number of halogens is 2. The van der Waals surface area contributed by atoms with Crippen LogP contribution in [0.25, 0.3) is 0 Å². The first-order chi connectivity index (χ1) is 9.19. The van der Waals surface area contributed by atoms with E-state index in [1.54, 1.807) is 7.11 Å². The topological polar surface area (TPSA) is 18.5 Å². The highest BCUT2D eigenvalue weighted by molar-refractivity contribution is 9.10.